The van der Waals surface area contributed by atoms with Gasteiger partial charge in [0.2, 0.25) is 0 Å². The van der Waals surface area contributed by atoms with Gasteiger partial charge in [0.15, 0.2) is 5.16 Å². The van der Waals surface area contributed by atoms with Gasteiger partial charge in [-0.3, -0.25) is 4.79 Å². The quantitative estimate of drug-likeness (QED) is 0.654. The Labute approximate surface area is 127 Å². The number of H-pyrrole nitrogens is 1. The summed E-state index contributed by atoms with van der Waals surface area (Å²) in [7, 11) is 0. The number of thioether (sulfide) groups is 2. The van der Waals surface area contributed by atoms with Gasteiger partial charge in [0.1, 0.15) is 0 Å². The van der Waals surface area contributed by atoms with Crippen molar-refractivity contribution in [1.82, 2.24) is 9.97 Å². The van der Waals surface area contributed by atoms with Gasteiger partial charge < -0.3 is 4.98 Å². The van der Waals surface area contributed by atoms with E-state index in [-0.39, 0.29) is 5.56 Å². The molecular formula is C15H18N2OS2. The van der Waals surface area contributed by atoms with E-state index in [0.29, 0.717) is 5.16 Å². The number of aryl methyl sites for hydroxylation is 1. The van der Waals surface area contributed by atoms with E-state index in [1.807, 2.05) is 0 Å². The van der Waals surface area contributed by atoms with Gasteiger partial charge in [-0.1, -0.05) is 48.5 Å². The van der Waals surface area contributed by atoms with E-state index in [9.17, 15) is 4.79 Å². The van der Waals surface area contributed by atoms with E-state index in [1.165, 1.54) is 11.1 Å². The first-order valence-electron chi connectivity index (χ1n) is 6.53. The van der Waals surface area contributed by atoms with Crippen LogP contribution < -0.4 is 5.56 Å². The predicted molar refractivity (Wildman–Crippen MR) is 87.4 cm³/mol. The minimum absolute atomic E-state index is 0.0712. The van der Waals surface area contributed by atoms with Crippen molar-refractivity contribution < 1.29 is 0 Å². The smallest absolute Gasteiger partial charge is 0.251 e. The standard InChI is InChI=1S/C15H18N2OS2/c1-3-19-10-13-8-14(18)17-15(16-13)20-9-12-6-4-11(2)5-7-12/h4-8H,3,9-10H2,1-2H3,(H,16,17,18). The largest absolute Gasteiger partial charge is 0.301 e. The van der Waals surface area contributed by atoms with Crippen molar-refractivity contribution in [2.45, 2.75) is 30.5 Å². The van der Waals surface area contributed by atoms with Gasteiger partial charge in [0, 0.05) is 17.6 Å². The predicted octanol–water partition coefficient (Wildman–Crippen LogP) is 3.62. The molecule has 5 heteroatoms. The van der Waals surface area contributed by atoms with Crippen LogP contribution in [0.2, 0.25) is 0 Å². The molecule has 0 fully saturated rings. The summed E-state index contributed by atoms with van der Waals surface area (Å²) in [5.41, 5.74) is 3.27. The van der Waals surface area contributed by atoms with Crippen molar-refractivity contribution in [2.24, 2.45) is 0 Å². The molecule has 3 nitrogen and oxygen atoms in total. The molecule has 0 unspecified atom stereocenters. The van der Waals surface area contributed by atoms with Crippen LogP contribution in [0.25, 0.3) is 0 Å². The molecule has 1 heterocycles. The number of aromatic nitrogens is 2. The van der Waals surface area contributed by atoms with Gasteiger partial charge in [-0.15, -0.1) is 0 Å². The second-order valence-corrected chi connectivity index (χ2v) is 6.69. The lowest BCUT2D eigenvalue weighted by atomic mass is 10.2. The lowest BCUT2D eigenvalue weighted by Gasteiger charge is -2.04. The molecule has 20 heavy (non-hydrogen) atoms. The number of aromatic amines is 1. The Morgan fingerprint density at radius 1 is 1.20 bits per heavy atom. The van der Waals surface area contributed by atoms with Crippen LogP contribution in [0.1, 0.15) is 23.7 Å². The summed E-state index contributed by atoms with van der Waals surface area (Å²) in [6, 6.07) is 9.99. The fourth-order valence-corrected chi connectivity index (χ4v) is 3.08. The number of hydrogen-bond acceptors (Lipinski definition) is 4. The van der Waals surface area contributed by atoms with Crippen molar-refractivity contribution >= 4 is 23.5 Å². The Morgan fingerprint density at radius 2 is 1.95 bits per heavy atom. The zero-order chi connectivity index (χ0) is 14.4. The van der Waals surface area contributed by atoms with Crippen molar-refractivity contribution in [1.29, 1.82) is 0 Å². The first-order chi connectivity index (χ1) is 9.67. The Bertz CT molecular complexity index is 608. The molecule has 0 aliphatic heterocycles. The molecule has 2 rings (SSSR count). The van der Waals surface area contributed by atoms with Gasteiger partial charge in [-0.25, -0.2) is 4.98 Å². The molecule has 2 aromatic rings. The van der Waals surface area contributed by atoms with Gasteiger partial charge >= 0.3 is 0 Å². The van der Waals surface area contributed by atoms with Crippen LogP contribution in [-0.4, -0.2) is 15.7 Å². The number of benzene rings is 1. The lowest BCUT2D eigenvalue weighted by molar-refractivity contribution is 0.899. The van der Waals surface area contributed by atoms with E-state index in [4.69, 9.17) is 0 Å². The molecule has 0 bridgehead atoms. The summed E-state index contributed by atoms with van der Waals surface area (Å²) in [5, 5.41) is 0.699. The summed E-state index contributed by atoms with van der Waals surface area (Å²) in [4.78, 5) is 18.9. The molecule has 0 radical (unpaired) electrons. The number of rotatable bonds is 6. The molecule has 1 aromatic carbocycles. The van der Waals surface area contributed by atoms with Crippen LogP contribution in [0.4, 0.5) is 0 Å². The number of nitrogens with zero attached hydrogens (tertiary/aromatic N) is 1. The maximum atomic E-state index is 11.6. The minimum atomic E-state index is -0.0712. The van der Waals surface area contributed by atoms with E-state index < -0.39 is 0 Å². The number of hydrogen-bond donors (Lipinski definition) is 1. The average Bonchev–Trinajstić information content (AvgIpc) is 2.44. The fourth-order valence-electron chi connectivity index (χ4n) is 1.67. The van der Waals surface area contributed by atoms with Crippen molar-refractivity contribution in [2.75, 3.05) is 5.75 Å². The summed E-state index contributed by atoms with van der Waals surface area (Å²) >= 11 is 3.34. The summed E-state index contributed by atoms with van der Waals surface area (Å²) < 4.78 is 0. The Kier molecular flexibility index (Phi) is 5.73. The monoisotopic (exact) mass is 306 g/mol. The summed E-state index contributed by atoms with van der Waals surface area (Å²) in [6.07, 6.45) is 0. The first kappa shape index (κ1) is 15.2. The third kappa shape index (κ3) is 4.72. The van der Waals surface area contributed by atoms with Crippen LogP contribution in [0, 0.1) is 6.92 Å². The summed E-state index contributed by atoms with van der Waals surface area (Å²) in [6.45, 7) is 4.18. The molecule has 0 spiro atoms. The molecule has 0 aliphatic rings. The van der Waals surface area contributed by atoms with Crippen molar-refractivity contribution in [3.8, 4) is 0 Å². The molecule has 0 saturated heterocycles. The van der Waals surface area contributed by atoms with Crippen molar-refractivity contribution in [3.05, 3.63) is 57.5 Å². The second-order valence-electron chi connectivity index (χ2n) is 4.45. The summed E-state index contributed by atoms with van der Waals surface area (Å²) in [5.74, 6) is 2.63. The maximum Gasteiger partial charge on any atom is 0.251 e. The van der Waals surface area contributed by atoms with E-state index in [0.717, 1.165) is 23.0 Å². The molecule has 1 N–H and O–H groups in total. The third-order valence-electron chi connectivity index (χ3n) is 2.72. The van der Waals surface area contributed by atoms with Gasteiger partial charge in [0.05, 0.1) is 5.69 Å². The molecular weight excluding hydrogens is 288 g/mol. The minimum Gasteiger partial charge on any atom is -0.301 e. The SMILES string of the molecule is CCSCc1cc(=O)[nH]c(SCc2ccc(C)cc2)n1. The first-order valence-corrected chi connectivity index (χ1v) is 8.67. The normalized spacial score (nSPS) is 10.7. The van der Waals surface area contributed by atoms with E-state index >= 15 is 0 Å². The second kappa shape index (κ2) is 7.55. The van der Waals surface area contributed by atoms with Gasteiger partial charge in [0.25, 0.3) is 5.56 Å². The molecule has 0 atom stereocenters. The lowest BCUT2D eigenvalue weighted by Crippen LogP contribution is -2.09. The topological polar surface area (TPSA) is 45.8 Å². The van der Waals surface area contributed by atoms with Crippen LogP contribution >= 0.6 is 23.5 Å². The van der Waals surface area contributed by atoms with E-state index in [1.54, 1.807) is 29.6 Å². The fraction of sp³-hybridized carbons (Fsp3) is 0.333. The average molecular weight is 306 g/mol. The third-order valence-corrected chi connectivity index (χ3v) is 4.58. The highest BCUT2D eigenvalue weighted by atomic mass is 32.2. The highest BCUT2D eigenvalue weighted by Gasteiger charge is 2.03. The van der Waals surface area contributed by atoms with Crippen molar-refractivity contribution in [3.63, 3.8) is 0 Å². The van der Waals surface area contributed by atoms with Crippen LogP contribution in [0.15, 0.2) is 40.3 Å². The highest BCUT2D eigenvalue weighted by molar-refractivity contribution is 7.98. The van der Waals surface area contributed by atoms with Crippen LogP contribution in [-0.2, 0) is 11.5 Å². The zero-order valence-electron chi connectivity index (χ0n) is 11.7. The molecule has 1 aromatic heterocycles. The zero-order valence-corrected chi connectivity index (χ0v) is 13.3. The molecule has 0 saturated carbocycles. The Morgan fingerprint density at radius 3 is 2.65 bits per heavy atom. The molecule has 0 aliphatic carbocycles. The Balaban J connectivity index is 2.03. The molecule has 106 valence electrons. The number of nitrogens with one attached hydrogen (secondary N) is 1. The Hall–Kier alpha value is -1.20. The van der Waals surface area contributed by atoms with Gasteiger partial charge in [-0.2, -0.15) is 11.8 Å². The maximum absolute atomic E-state index is 11.6. The highest BCUT2D eigenvalue weighted by Crippen LogP contribution is 2.19. The van der Waals surface area contributed by atoms with Crippen LogP contribution in [0.5, 0.6) is 0 Å². The van der Waals surface area contributed by atoms with E-state index in [2.05, 4.69) is 48.1 Å². The van der Waals surface area contributed by atoms with Gasteiger partial charge in [-0.05, 0) is 18.2 Å². The van der Waals surface area contributed by atoms with Crippen LogP contribution in [0.3, 0.4) is 0 Å². The molecule has 0 amide bonds.